The second-order valence-electron chi connectivity index (χ2n) is 6.77. The molecule has 2 heterocycles. The van der Waals surface area contributed by atoms with E-state index in [0.29, 0.717) is 0 Å². The third kappa shape index (κ3) is 3.97. The first-order chi connectivity index (χ1) is 13.3. The average molecular weight is 357 g/mol. The molecule has 0 saturated heterocycles. The molecule has 0 N–H and O–H groups in total. The molecule has 0 aliphatic carbocycles. The second-order valence-corrected chi connectivity index (χ2v) is 6.77. The molecular formula is C22H23N5. The molecule has 0 radical (unpaired) electrons. The fourth-order valence-corrected chi connectivity index (χ4v) is 3.38. The van der Waals surface area contributed by atoms with Crippen LogP contribution in [0.3, 0.4) is 0 Å². The number of imidazole rings is 1. The van der Waals surface area contributed by atoms with Crippen LogP contribution in [-0.4, -0.2) is 24.3 Å². The number of benzene rings is 2. The Hall–Kier alpha value is -3.21. The van der Waals surface area contributed by atoms with Gasteiger partial charge in [0.2, 0.25) is 0 Å². The van der Waals surface area contributed by atoms with Crippen LogP contribution in [0.2, 0.25) is 0 Å². The van der Waals surface area contributed by atoms with Crippen LogP contribution < -0.4 is 0 Å². The van der Waals surface area contributed by atoms with Crippen molar-refractivity contribution in [2.75, 3.05) is 0 Å². The molecule has 0 bridgehead atoms. The number of aryl methyl sites for hydroxylation is 1. The topological polar surface area (TPSA) is 48.5 Å². The van der Waals surface area contributed by atoms with E-state index >= 15 is 0 Å². The quantitative estimate of drug-likeness (QED) is 0.498. The highest BCUT2D eigenvalue weighted by atomic mass is 15.3. The van der Waals surface area contributed by atoms with Gasteiger partial charge >= 0.3 is 0 Å². The Morgan fingerprint density at radius 3 is 2.33 bits per heavy atom. The maximum absolute atomic E-state index is 4.75. The molecule has 4 rings (SSSR count). The van der Waals surface area contributed by atoms with Gasteiger partial charge in [0, 0.05) is 17.8 Å². The molecular weight excluding hydrogens is 334 g/mol. The van der Waals surface area contributed by atoms with E-state index in [1.807, 2.05) is 17.1 Å². The third-order valence-corrected chi connectivity index (χ3v) is 4.84. The van der Waals surface area contributed by atoms with E-state index < -0.39 is 0 Å². The smallest absolute Gasteiger partial charge is 0.137 e. The van der Waals surface area contributed by atoms with Crippen LogP contribution in [0.4, 0.5) is 0 Å². The summed E-state index contributed by atoms with van der Waals surface area (Å²) in [7, 11) is 0. The summed E-state index contributed by atoms with van der Waals surface area (Å²) in [6.45, 7) is 2.96. The zero-order valence-electron chi connectivity index (χ0n) is 15.4. The van der Waals surface area contributed by atoms with Crippen molar-refractivity contribution in [3.05, 3.63) is 90.9 Å². The molecule has 0 unspecified atom stereocenters. The molecule has 0 aliphatic heterocycles. The third-order valence-electron chi connectivity index (χ3n) is 4.84. The molecule has 2 aromatic carbocycles. The molecule has 0 fully saturated rings. The Labute approximate surface area is 159 Å². The summed E-state index contributed by atoms with van der Waals surface area (Å²) < 4.78 is 4.15. The first-order valence-corrected chi connectivity index (χ1v) is 9.28. The molecule has 136 valence electrons. The van der Waals surface area contributed by atoms with Crippen molar-refractivity contribution in [3.8, 4) is 11.3 Å². The fraction of sp³-hybridized carbons (Fsp3) is 0.227. The largest absolute Gasteiger partial charge is 0.332 e. The summed E-state index contributed by atoms with van der Waals surface area (Å²) in [5.41, 5.74) is 4.83. The summed E-state index contributed by atoms with van der Waals surface area (Å²) >= 11 is 0. The van der Waals surface area contributed by atoms with Crippen LogP contribution in [0.15, 0.2) is 79.6 Å². The van der Waals surface area contributed by atoms with Crippen molar-refractivity contribution in [1.29, 1.82) is 0 Å². The Balaban J connectivity index is 1.63. The number of nitrogens with zero attached hydrogens (tertiary/aromatic N) is 5. The lowest BCUT2D eigenvalue weighted by molar-refractivity contribution is 0.419. The van der Waals surface area contributed by atoms with Crippen molar-refractivity contribution in [2.24, 2.45) is 0 Å². The zero-order valence-corrected chi connectivity index (χ0v) is 15.4. The van der Waals surface area contributed by atoms with Gasteiger partial charge in [-0.2, -0.15) is 5.10 Å². The van der Waals surface area contributed by atoms with E-state index in [9.17, 15) is 0 Å². The minimum atomic E-state index is 0.209. The van der Waals surface area contributed by atoms with Crippen LogP contribution in [0.25, 0.3) is 11.3 Å². The predicted octanol–water partition coefficient (Wildman–Crippen LogP) is 4.19. The molecule has 0 saturated carbocycles. The highest BCUT2D eigenvalue weighted by molar-refractivity contribution is 5.61. The summed E-state index contributed by atoms with van der Waals surface area (Å²) in [5, 5.41) is 4.27. The van der Waals surface area contributed by atoms with Gasteiger partial charge in [-0.15, -0.1) is 0 Å². The average Bonchev–Trinajstić information content (AvgIpc) is 3.38. The van der Waals surface area contributed by atoms with Gasteiger partial charge in [-0.1, -0.05) is 60.7 Å². The van der Waals surface area contributed by atoms with Gasteiger partial charge in [0.1, 0.15) is 12.7 Å². The number of rotatable bonds is 7. The van der Waals surface area contributed by atoms with E-state index in [1.165, 1.54) is 11.3 Å². The van der Waals surface area contributed by atoms with E-state index in [4.69, 9.17) is 4.98 Å². The SMILES string of the molecule is C[C@@H](Cn1cnc(-c2ccccc2)c1CCc1ccccc1)n1cncn1. The Morgan fingerprint density at radius 1 is 0.889 bits per heavy atom. The predicted molar refractivity (Wildman–Crippen MR) is 106 cm³/mol. The van der Waals surface area contributed by atoms with Gasteiger partial charge in [-0.25, -0.2) is 14.6 Å². The van der Waals surface area contributed by atoms with Crippen molar-refractivity contribution < 1.29 is 0 Å². The highest BCUT2D eigenvalue weighted by Crippen LogP contribution is 2.24. The van der Waals surface area contributed by atoms with E-state index in [2.05, 4.69) is 76.2 Å². The Kier molecular flexibility index (Phi) is 5.10. The molecule has 5 heteroatoms. The number of hydrogen-bond acceptors (Lipinski definition) is 3. The molecule has 0 amide bonds. The second kappa shape index (κ2) is 7.99. The lowest BCUT2D eigenvalue weighted by Crippen LogP contribution is -2.15. The lowest BCUT2D eigenvalue weighted by Gasteiger charge is -2.16. The molecule has 0 spiro atoms. The summed E-state index contributed by atoms with van der Waals surface area (Å²) in [4.78, 5) is 8.81. The number of hydrogen-bond donors (Lipinski definition) is 0. The van der Waals surface area contributed by atoms with Gasteiger partial charge < -0.3 is 4.57 Å². The van der Waals surface area contributed by atoms with E-state index in [0.717, 1.165) is 30.6 Å². The molecule has 0 aliphatic rings. The van der Waals surface area contributed by atoms with Crippen LogP contribution >= 0.6 is 0 Å². The van der Waals surface area contributed by atoms with Gasteiger partial charge in [-0.3, -0.25) is 0 Å². The van der Waals surface area contributed by atoms with Gasteiger partial charge in [0.05, 0.1) is 18.1 Å². The molecule has 5 nitrogen and oxygen atoms in total. The minimum Gasteiger partial charge on any atom is -0.332 e. The van der Waals surface area contributed by atoms with Crippen molar-refractivity contribution in [1.82, 2.24) is 24.3 Å². The molecule has 4 aromatic rings. The van der Waals surface area contributed by atoms with Crippen LogP contribution in [0.5, 0.6) is 0 Å². The Bertz CT molecular complexity index is 959. The summed E-state index contributed by atoms with van der Waals surface area (Å²) in [6, 6.07) is 21.2. The maximum Gasteiger partial charge on any atom is 0.137 e. The van der Waals surface area contributed by atoms with Crippen molar-refractivity contribution >= 4 is 0 Å². The summed E-state index contributed by atoms with van der Waals surface area (Å²) in [5.74, 6) is 0. The fourth-order valence-electron chi connectivity index (χ4n) is 3.38. The normalized spacial score (nSPS) is 12.2. The lowest BCUT2D eigenvalue weighted by atomic mass is 10.0. The van der Waals surface area contributed by atoms with Crippen molar-refractivity contribution in [2.45, 2.75) is 32.4 Å². The first kappa shape index (κ1) is 17.2. The Morgan fingerprint density at radius 2 is 1.63 bits per heavy atom. The van der Waals surface area contributed by atoms with Gasteiger partial charge in [-0.05, 0) is 25.3 Å². The van der Waals surface area contributed by atoms with Gasteiger partial charge in [0.25, 0.3) is 0 Å². The molecule has 27 heavy (non-hydrogen) atoms. The summed E-state index contributed by atoms with van der Waals surface area (Å²) in [6.07, 6.45) is 7.23. The maximum atomic E-state index is 4.75. The van der Waals surface area contributed by atoms with Crippen LogP contribution in [0.1, 0.15) is 24.2 Å². The number of aromatic nitrogens is 5. The first-order valence-electron chi connectivity index (χ1n) is 9.28. The zero-order chi connectivity index (χ0) is 18.5. The van der Waals surface area contributed by atoms with E-state index in [1.54, 1.807) is 12.7 Å². The standard InChI is InChI=1S/C22H23N5/c1-18(27-16-23-15-25-27)14-26-17-24-22(20-10-6-3-7-11-20)21(26)13-12-19-8-4-2-5-9-19/h2-11,15-18H,12-14H2,1H3/t18-/m0/s1. The molecule has 2 aromatic heterocycles. The highest BCUT2D eigenvalue weighted by Gasteiger charge is 2.15. The minimum absolute atomic E-state index is 0.209. The van der Waals surface area contributed by atoms with Gasteiger partial charge in [0.15, 0.2) is 0 Å². The van der Waals surface area contributed by atoms with Crippen LogP contribution in [-0.2, 0) is 19.4 Å². The van der Waals surface area contributed by atoms with Crippen LogP contribution in [0, 0.1) is 0 Å². The van der Waals surface area contributed by atoms with E-state index in [-0.39, 0.29) is 6.04 Å². The molecule has 1 atom stereocenters. The van der Waals surface area contributed by atoms with Crippen molar-refractivity contribution in [3.63, 3.8) is 0 Å². The monoisotopic (exact) mass is 357 g/mol.